The standard InChI is InChI=1S/C76H74Si2/c1-49(2)77(50(3)4,51(5)6)43-41-59-65-45-69-71(75(57-33-21-15-22-34-57)63-39-27-25-37-61(63)73(69)55-29-17-13-18-30-55)47-67(65)60(42-44-78(52(7)8,53(9)10)54(11)12)68-48-72-70(46-66(59)68)74(56-31-19-14-20-32-56)62-38-26-28-40-64(62)76(72)58-35-23-16-24-36-58/h13-40,45-54H,1-12H3. The predicted molar refractivity (Wildman–Crippen MR) is 349 cm³/mol. The van der Waals surface area contributed by atoms with E-state index in [-0.39, 0.29) is 0 Å². The van der Waals surface area contributed by atoms with Gasteiger partial charge in [-0.2, -0.15) is 0 Å². The van der Waals surface area contributed by atoms with Crippen LogP contribution in [0.5, 0.6) is 0 Å². The Morgan fingerprint density at radius 3 is 0.615 bits per heavy atom. The molecule has 0 N–H and O–H groups in total. The second-order valence-electron chi connectivity index (χ2n) is 24.0. The molecule has 0 unspecified atom stereocenters. The van der Waals surface area contributed by atoms with Crippen molar-refractivity contribution in [3.05, 3.63) is 205 Å². The first-order chi connectivity index (χ1) is 37.7. The molecule has 0 fully saturated rings. The van der Waals surface area contributed by atoms with Crippen molar-refractivity contribution in [3.8, 4) is 67.4 Å². The van der Waals surface area contributed by atoms with Gasteiger partial charge < -0.3 is 0 Å². The summed E-state index contributed by atoms with van der Waals surface area (Å²) in [7, 11) is -4.55. The normalized spacial score (nSPS) is 12.3. The topological polar surface area (TPSA) is 0 Å². The van der Waals surface area contributed by atoms with Crippen LogP contribution in [0.3, 0.4) is 0 Å². The third-order valence-corrected chi connectivity index (χ3v) is 30.8. The van der Waals surface area contributed by atoms with Gasteiger partial charge in [-0.3, -0.25) is 0 Å². The Bertz CT molecular complexity index is 3660. The summed E-state index contributed by atoms with van der Waals surface area (Å²) in [5.41, 5.74) is 23.5. The van der Waals surface area contributed by atoms with E-state index in [2.05, 4.69) is 300 Å². The maximum Gasteiger partial charge on any atom is 0.146 e. The van der Waals surface area contributed by atoms with E-state index in [1.54, 1.807) is 0 Å². The molecule has 386 valence electrons. The number of hydrogen-bond acceptors (Lipinski definition) is 0. The molecular formula is C76H74Si2. The lowest BCUT2D eigenvalue weighted by atomic mass is 9.81. The molecule has 0 bridgehead atoms. The van der Waals surface area contributed by atoms with Gasteiger partial charge in [0.2, 0.25) is 0 Å². The molecule has 0 aliphatic carbocycles. The van der Waals surface area contributed by atoms with Crippen molar-refractivity contribution in [1.82, 2.24) is 0 Å². The molecule has 0 nitrogen and oxygen atoms in total. The van der Waals surface area contributed by atoms with Gasteiger partial charge in [-0.25, -0.2) is 0 Å². The fourth-order valence-corrected chi connectivity index (χ4v) is 25.1. The van der Waals surface area contributed by atoms with Gasteiger partial charge in [0.25, 0.3) is 0 Å². The van der Waals surface area contributed by atoms with Crippen LogP contribution in [0.25, 0.3) is 109 Å². The first kappa shape index (κ1) is 52.6. The van der Waals surface area contributed by atoms with Gasteiger partial charge in [0, 0.05) is 11.1 Å². The van der Waals surface area contributed by atoms with Crippen molar-refractivity contribution in [2.45, 2.75) is 116 Å². The van der Waals surface area contributed by atoms with Crippen LogP contribution in [0.4, 0.5) is 0 Å². The zero-order valence-corrected chi connectivity index (χ0v) is 49.9. The molecule has 0 amide bonds. The maximum atomic E-state index is 4.33. The Morgan fingerprint density at radius 1 is 0.231 bits per heavy atom. The van der Waals surface area contributed by atoms with Crippen LogP contribution >= 0.6 is 0 Å². The Labute approximate surface area is 467 Å². The van der Waals surface area contributed by atoms with Crippen LogP contribution in [0.15, 0.2) is 194 Å². The zero-order chi connectivity index (χ0) is 54.6. The van der Waals surface area contributed by atoms with Gasteiger partial charge in [-0.05, 0) is 167 Å². The van der Waals surface area contributed by atoms with Crippen molar-refractivity contribution in [1.29, 1.82) is 0 Å². The number of rotatable bonds is 10. The van der Waals surface area contributed by atoms with Crippen molar-refractivity contribution in [3.63, 3.8) is 0 Å². The van der Waals surface area contributed by atoms with E-state index in [1.807, 2.05) is 0 Å². The molecular weight excluding hydrogens is 969 g/mol. The predicted octanol–water partition coefficient (Wildman–Crippen LogP) is 22.4. The molecule has 11 aromatic carbocycles. The SMILES string of the molecule is CC(C)[Si](C#Cc1c2cc3c(-c4ccccc4)c4ccccc4c(-c4ccccc4)c3cc2c(C#C[Si](C(C)C)(C(C)C)C(C)C)c2cc3c(-c4ccccc4)c4ccccc4c(-c4ccccc4)c3cc12)(C(C)C)C(C)C. The highest BCUT2D eigenvalue weighted by molar-refractivity contribution is 6.91. The molecule has 0 heterocycles. The summed E-state index contributed by atoms with van der Waals surface area (Å²) in [5.74, 6) is 8.51. The van der Waals surface area contributed by atoms with E-state index in [9.17, 15) is 0 Å². The molecule has 0 aromatic heterocycles. The summed E-state index contributed by atoms with van der Waals surface area (Å²) >= 11 is 0. The van der Waals surface area contributed by atoms with Crippen LogP contribution in [0, 0.1) is 22.9 Å². The quantitative estimate of drug-likeness (QED) is 0.0727. The Hall–Kier alpha value is -7.47. The lowest BCUT2D eigenvalue weighted by Crippen LogP contribution is -2.43. The molecule has 11 aromatic rings. The van der Waals surface area contributed by atoms with Gasteiger partial charge in [0.1, 0.15) is 16.1 Å². The number of hydrogen-bond donors (Lipinski definition) is 0. The van der Waals surface area contributed by atoms with E-state index < -0.39 is 16.1 Å². The molecule has 0 saturated carbocycles. The van der Waals surface area contributed by atoms with Crippen molar-refractivity contribution in [2.24, 2.45) is 0 Å². The zero-order valence-electron chi connectivity index (χ0n) is 47.9. The van der Waals surface area contributed by atoms with E-state index in [1.165, 1.54) is 109 Å². The van der Waals surface area contributed by atoms with Crippen molar-refractivity contribution in [2.75, 3.05) is 0 Å². The minimum absolute atomic E-state index is 0.462. The Kier molecular flexibility index (Phi) is 14.2. The molecule has 0 saturated heterocycles. The molecule has 0 aliphatic rings. The lowest BCUT2D eigenvalue weighted by molar-refractivity contribution is 0.838. The van der Waals surface area contributed by atoms with Crippen LogP contribution in [-0.2, 0) is 0 Å². The Morgan fingerprint density at radius 2 is 0.423 bits per heavy atom. The molecule has 0 aliphatic heterocycles. The molecule has 78 heavy (non-hydrogen) atoms. The van der Waals surface area contributed by atoms with Gasteiger partial charge in [0.05, 0.1) is 0 Å². The molecule has 0 radical (unpaired) electrons. The summed E-state index contributed by atoms with van der Waals surface area (Å²) in [6.45, 7) is 29.3. The monoisotopic (exact) mass is 1040 g/mol. The first-order valence-electron chi connectivity index (χ1n) is 28.8. The highest BCUT2D eigenvalue weighted by atomic mass is 28.3. The minimum atomic E-state index is -2.27. The smallest absolute Gasteiger partial charge is 0.125 e. The van der Waals surface area contributed by atoms with Crippen LogP contribution in [0.1, 0.15) is 94.2 Å². The van der Waals surface area contributed by atoms with Gasteiger partial charge >= 0.3 is 0 Å². The molecule has 0 atom stereocenters. The third kappa shape index (κ3) is 8.61. The van der Waals surface area contributed by atoms with Gasteiger partial charge in [-0.15, -0.1) is 11.1 Å². The summed E-state index contributed by atoms with van der Waals surface area (Å²) < 4.78 is 0. The average Bonchev–Trinajstić information content (AvgIpc) is 3.62. The van der Waals surface area contributed by atoms with Crippen LogP contribution in [0.2, 0.25) is 33.2 Å². The summed E-state index contributed by atoms with van der Waals surface area (Å²) in [5, 5.41) is 14.6. The van der Waals surface area contributed by atoms with E-state index in [4.69, 9.17) is 0 Å². The number of fused-ring (bicyclic) bond motifs is 6. The fraction of sp³-hybridized carbons (Fsp3) is 0.237. The third-order valence-electron chi connectivity index (χ3n) is 18.2. The second kappa shape index (κ2) is 21.1. The molecule has 0 spiro atoms. The largest absolute Gasteiger partial charge is 0.146 e. The average molecular weight is 1040 g/mol. The highest BCUT2D eigenvalue weighted by Crippen LogP contribution is 2.51. The number of benzene rings is 11. The van der Waals surface area contributed by atoms with Crippen LogP contribution in [-0.4, -0.2) is 16.1 Å². The highest BCUT2D eigenvalue weighted by Gasteiger charge is 2.43. The molecule has 2 heteroatoms. The summed E-state index contributed by atoms with van der Waals surface area (Å²) in [6.07, 6.45) is 0. The molecule has 11 rings (SSSR count). The minimum Gasteiger partial charge on any atom is -0.125 e. The maximum absolute atomic E-state index is 4.33. The van der Waals surface area contributed by atoms with Gasteiger partial charge in [0.15, 0.2) is 0 Å². The van der Waals surface area contributed by atoms with Crippen molar-refractivity contribution < 1.29 is 0 Å². The lowest BCUT2D eigenvalue weighted by Gasteiger charge is -2.38. The first-order valence-corrected chi connectivity index (χ1v) is 33.2. The second-order valence-corrected chi connectivity index (χ2v) is 35.1. The van der Waals surface area contributed by atoms with E-state index in [0.29, 0.717) is 33.2 Å². The Balaban J connectivity index is 1.48. The van der Waals surface area contributed by atoms with Crippen LogP contribution < -0.4 is 0 Å². The van der Waals surface area contributed by atoms with E-state index in [0.717, 1.165) is 11.1 Å². The summed E-state index contributed by atoms with van der Waals surface area (Å²) in [6, 6.07) is 72.7. The van der Waals surface area contributed by atoms with Crippen molar-refractivity contribution >= 4 is 80.8 Å². The fourth-order valence-electron chi connectivity index (χ4n) is 14.7. The van der Waals surface area contributed by atoms with E-state index >= 15 is 0 Å². The van der Waals surface area contributed by atoms with Gasteiger partial charge in [-0.1, -0.05) is 265 Å². The summed E-state index contributed by atoms with van der Waals surface area (Å²) in [4.78, 5) is 0.